The van der Waals surface area contributed by atoms with Gasteiger partial charge >= 0.3 is 0 Å². The van der Waals surface area contributed by atoms with Crippen molar-refractivity contribution in [1.82, 2.24) is 5.32 Å². The molecule has 4 nitrogen and oxygen atoms in total. The Morgan fingerprint density at radius 1 is 1.12 bits per heavy atom. The standard InChI is InChI=1S/C20H23FN2O2/c1-4-13(2)18(23-19(24)15-8-6-5-7-9-15)20(25)22-16-11-10-14(3)17(21)12-16/h5-13,18H,4H2,1-3H3,(H,22,25)(H,23,24)/t13-,18-/m0/s1. The number of rotatable bonds is 6. The van der Waals surface area contributed by atoms with Crippen LogP contribution in [0.1, 0.15) is 36.2 Å². The smallest absolute Gasteiger partial charge is 0.251 e. The van der Waals surface area contributed by atoms with Crippen molar-refractivity contribution >= 4 is 17.5 Å². The van der Waals surface area contributed by atoms with E-state index in [4.69, 9.17) is 0 Å². The Morgan fingerprint density at radius 3 is 2.40 bits per heavy atom. The van der Waals surface area contributed by atoms with Crippen molar-refractivity contribution in [1.29, 1.82) is 0 Å². The van der Waals surface area contributed by atoms with Gasteiger partial charge in [0, 0.05) is 11.3 Å². The van der Waals surface area contributed by atoms with Gasteiger partial charge in [-0.15, -0.1) is 0 Å². The van der Waals surface area contributed by atoms with Crippen LogP contribution >= 0.6 is 0 Å². The van der Waals surface area contributed by atoms with E-state index in [1.165, 1.54) is 6.07 Å². The molecule has 25 heavy (non-hydrogen) atoms. The summed E-state index contributed by atoms with van der Waals surface area (Å²) in [7, 11) is 0. The molecule has 0 aliphatic rings. The predicted molar refractivity (Wildman–Crippen MR) is 96.9 cm³/mol. The van der Waals surface area contributed by atoms with Crippen molar-refractivity contribution in [2.45, 2.75) is 33.2 Å². The summed E-state index contributed by atoms with van der Waals surface area (Å²) in [4.78, 5) is 25.0. The number of aryl methyl sites for hydroxylation is 1. The first-order valence-electron chi connectivity index (χ1n) is 8.35. The fourth-order valence-corrected chi connectivity index (χ4v) is 2.41. The van der Waals surface area contributed by atoms with E-state index in [-0.39, 0.29) is 23.5 Å². The molecular formula is C20H23FN2O2. The minimum absolute atomic E-state index is 0.0667. The van der Waals surface area contributed by atoms with Crippen molar-refractivity contribution in [2.24, 2.45) is 5.92 Å². The quantitative estimate of drug-likeness (QED) is 0.836. The summed E-state index contributed by atoms with van der Waals surface area (Å²) in [6, 6.07) is 12.6. The fraction of sp³-hybridized carbons (Fsp3) is 0.300. The summed E-state index contributed by atoms with van der Waals surface area (Å²) in [5, 5.41) is 5.47. The lowest BCUT2D eigenvalue weighted by Crippen LogP contribution is -2.47. The van der Waals surface area contributed by atoms with E-state index >= 15 is 0 Å². The van der Waals surface area contributed by atoms with Gasteiger partial charge in [0.2, 0.25) is 5.91 Å². The number of benzene rings is 2. The molecule has 2 aromatic rings. The Kier molecular flexibility index (Phi) is 6.28. The number of nitrogens with one attached hydrogen (secondary N) is 2. The number of amides is 2. The largest absolute Gasteiger partial charge is 0.340 e. The molecule has 0 bridgehead atoms. The number of halogens is 1. The Labute approximate surface area is 147 Å². The number of carbonyl (C=O) groups is 2. The lowest BCUT2D eigenvalue weighted by atomic mass is 9.97. The van der Waals surface area contributed by atoms with Crippen LogP contribution in [-0.2, 0) is 4.79 Å². The molecule has 0 heterocycles. The van der Waals surface area contributed by atoms with Crippen LogP contribution in [0.25, 0.3) is 0 Å². The van der Waals surface area contributed by atoms with Crippen molar-refractivity contribution in [2.75, 3.05) is 5.32 Å². The Morgan fingerprint density at radius 2 is 1.80 bits per heavy atom. The third-order valence-corrected chi connectivity index (χ3v) is 4.26. The fourth-order valence-electron chi connectivity index (χ4n) is 2.41. The number of hydrogen-bond donors (Lipinski definition) is 2. The molecule has 2 aromatic carbocycles. The third-order valence-electron chi connectivity index (χ3n) is 4.26. The summed E-state index contributed by atoms with van der Waals surface area (Å²) in [6.45, 7) is 5.50. The van der Waals surface area contributed by atoms with E-state index in [0.717, 1.165) is 6.42 Å². The van der Waals surface area contributed by atoms with Gasteiger partial charge in [-0.05, 0) is 42.7 Å². The molecule has 2 N–H and O–H groups in total. The van der Waals surface area contributed by atoms with Gasteiger partial charge in [-0.25, -0.2) is 4.39 Å². The predicted octanol–water partition coefficient (Wildman–Crippen LogP) is 3.92. The highest BCUT2D eigenvalue weighted by atomic mass is 19.1. The summed E-state index contributed by atoms with van der Waals surface area (Å²) in [5.74, 6) is -1.12. The summed E-state index contributed by atoms with van der Waals surface area (Å²) >= 11 is 0. The topological polar surface area (TPSA) is 58.2 Å². The summed E-state index contributed by atoms with van der Waals surface area (Å²) < 4.78 is 13.7. The Bertz CT molecular complexity index is 747. The van der Waals surface area contributed by atoms with Crippen molar-refractivity contribution in [3.63, 3.8) is 0 Å². The molecule has 5 heteroatoms. The molecule has 132 valence electrons. The molecule has 2 atom stereocenters. The second-order valence-electron chi connectivity index (χ2n) is 6.16. The molecule has 0 aromatic heterocycles. The lowest BCUT2D eigenvalue weighted by molar-refractivity contribution is -0.119. The number of hydrogen-bond acceptors (Lipinski definition) is 2. The second kappa shape index (κ2) is 8.42. The molecule has 0 spiro atoms. The summed E-state index contributed by atoms with van der Waals surface area (Å²) in [5.41, 5.74) is 1.37. The zero-order chi connectivity index (χ0) is 18.4. The Hall–Kier alpha value is -2.69. The average molecular weight is 342 g/mol. The van der Waals surface area contributed by atoms with Gasteiger partial charge in [0.15, 0.2) is 0 Å². The summed E-state index contributed by atoms with van der Waals surface area (Å²) in [6.07, 6.45) is 0.718. The van der Waals surface area contributed by atoms with Gasteiger partial charge < -0.3 is 10.6 Å². The minimum Gasteiger partial charge on any atom is -0.340 e. The second-order valence-corrected chi connectivity index (χ2v) is 6.16. The lowest BCUT2D eigenvalue weighted by Gasteiger charge is -2.23. The van der Waals surface area contributed by atoms with Crippen LogP contribution in [0.3, 0.4) is 0 Å². The molecule has 0 radical (unpaired) electrons. The van der Waals surface area contributed by atoms with Crippen molar-refractivity contribution in [3.8, 4) is 0 Å². The maximum absolute atomic E-state index is 13.7. The molecule has 2 rings (SSSR count). The monoisotopic (exact) mass is 342 g/mol. The molecule has 0 saturated heterocycles. The molecule has 0 saturated carbocycles. The van der Waals surface area contributed by atoms with Crippen molar-refractivity contribution < 1.29 is 14.0 Å². The van der Waals surface area contributed by atoms with E-state index in [1.807, 2.05) is 19.9 Å². The van der Waals surface area contributed by atoms with Gasteiger partial charge in [0.05, 0.1) is 0 Å². The van der Waals surface area contributed by atoms with Gasteiger partial charge in [0.25, 0.3) is 5.91 Å². The zero-order valence-electron chi connectivity index (χ0n) is 14.7. The molecule has 0 fully saturated rings. The van der Waals surface area contributed by atoms with Crippen LogP contribution in [0.2, 0.25) is 0 Å². The minimum atomic E-state index is -0.706. The molecule has 0 unspecified atom stereocenters. The SMILES string of the molecule is CC[C@H](C)[C@H](NC(=O)c1ccccc1)C(=O)Nc1ccc(C)c(F)c1. The average Bonchev–Trinajstić information content (AvgIpc) is 2.62. The van der Waals surface area contributed by atoms with Crippen LogP contribution in [0.5, 0.6) is 0 Å². The van der Waals surface area contributed by atoms with Gasteiger partial charge in [-0.3, -0.25) is 9.59 Å². The first-order valence-corrected chi connectivity index (χ1v) is 8.35. The number of carbonyl (C=O) groups excluding carboxylic acids is 2. The molecular weight excluding hydrogens is 319 g/mol. The van der Waals surface area contributed by atoms with E-state index in [9.17, 15) is 14.0 Å². The van der Waals surface area contributed by atoms with Gasteiger partial charge in [-0.1, -0.05) is 44.5 Å². The molecule has 0 aliphatic heterocycles. The third kappa shape index (κ3) is 4.89. The molecule has 0 aliphatic carbocycles. The molecule has 2 amide bonds. The maximum atomic E-state index is 13.7. The van der Waals surface area contributed by atoms with E-state index in [2.05, 4.69) is 10.6 Å². The van der Waals surface area contributed by atoms with Crippen LogP contribution in [-0.4, -0.2) is 17.9 Å². The first-order chi connectivity index (χ1) is 11.9. The van der Waals surface area contributed by atoms with Crippen LogP contribution in [0.4, 0.5) is 10.1 Å². The highest BCUT2D eigenvalue weighted by Gasteiger charge is 2.26. The van der Waals surface area contributed by atoms with E-state index in [0.29, 0.717) is 16.8 Å². The van der Waals surface area contributed by atoms with Gasteiger partial charge in [-0.2, -0.15) is 0 Å². The van der Waals surface area contributed by atoms with Crippen molar-refractivity contribution in [3.05, 3.63) is 65.5 Å². The zero-order valence-corrected chi connectivity index (χ0v) is 14.7. The van der Waals surface area contributed by atoms with Crippen LogP contribution < -0.4 is 10.6 Å². The van der Waals surface area contributed by atoms with E-state index in [1.54, 1.807) is 43.3 Å². The van der Waals surface area contributed by atoms with Crippen LogP contribution in [0.15, 0.2) is 48.5 Å². The maximum Gasteiger partial charge on any atom is 0.251 e. The highest BCUT2D eigenvalue weighted by Crippen LogP contribution is 2.16. The number of anilines is 1. The van der Waals surface area contributed by atoms with E-state index < -0.39 is 6.04 Å². The first kappa shape index (κ1) is 18.6. The Balaban J connectivity index is 2.14. The normalized spacial score (nSPS) is 13.0. The highest BCUT2D eigenvalue weighted by molar-refractivity contribution is 6.01. The van der Waals surface area contributed by atoms with Crippen LogP contribution in [0, 0.1) is 18.7 Å². The van der Waals surface area contributed by atoms with Gasteiger partial charge in [0.1, 0.15) is 11.9 Å².